The summed E-state index contributed by atoms with van der Waals surface area (Å²) in [6.45, 7) is 5.21. The van der Waals surface area contributed by atoms with Crippen LogP contribution in [-0.2, 0) is 6.42 Å². The number of nitrogens with one attached hydrogen (secondary N) is 1. The molecule has 4 heteroatoms. The zero-order valence-electron chi connectivity index (χ0n) is 10.2. The van der Waals surface area contributed by atoms with E-state index in [-0.39, 0.29) is 0 Å². The fourth-order valence-corrected chi connectivity index (χ4v) is 2.20. The molecule has 2 rings (SSSR count). The lowest BCUT2D eigenvalue weighted by Crippen LogP contribution is -2.05. The summed E-state index contributed by atoms with van der Waals surface area (Å²) in [5.41, 5.74) is 1.09. The SMILES string of the molecule is CCCNc1cc(CC)nc(-c2cccs2)n1. The minimum absolute atomic E-state index is 0.831. The monoisotopic (exact) mass is 247 g/mol. The quantitative estimate of drug-likeness (QED) is 0.877. The number of hydrogen-bond acceptors (Lipinski definition) is 4. The molecule has 0 unspecified atom stereocenters. The van der Waals surface area contributed by atoms with E-state index in [1.807, 2.05) is 12.1 Å². The molecule has 2 aromatic rings. The predicted octanol–water partition coefficient (Wildman–Crippen LogP) is 3.59. The van der Waals surface area contributed by atoms with E-state index in [1.165, 1.54) is 0 Å². The average molecular weight is 247 g/mol. The highest BCUT2D eigenvalue weighted by Gasteiger charge is 2.06. The summed E-state index contributed by atoms with van der Waals surface area (Å²) in [4.78, 5) is 10.2. The Kier molecular flexibility index (Phi) is 4.09. The molecule has 1 N–H and O–H groups in total. The average Bonchev–Trinajstić information content (AvgIpc) is 2.89. The van der Waals surface area contributed by atoms with Crippen LogP contribution in [-0.4, -0.2) is 16.5 Å². The zero-order valence-corrected chi connectivity index (χ0v) is 11.0. The molecule has 0 atom stereocenters. The van der Waals surface area contributed by atoms with Gasteiger partial charge in [0.2, 0.25) is 0 Å². The van der Waals surface area contributed by atoms with E-state index < -0.39 is 0 Å². The van der Waals surface area contributed by atoms with Gasteiger partial charge in [-0.2, -0.15) is 0 Å². The van der Waals surface area contributed by atoms with Crippen molar-refractivity contribution >= 4 is 17.2 Å². The standard InChI is InChI=1S/C13H17N3S/c1-3-7-14-12-9-10(4-2)15-13(16-12)11-6-5-8-17-11/h5-6,8-9H,3-4,7H2,1-2H3,(H,14,15,16). The van der Waals surface area contributed by atoms with Gasteiger partial charge in [-0.05, 0) is 24.3 Å². The maximum Gasteiger partial charge on any atom is 0.171 e. The summed E-state index contributed by atoms with van der Waals surface area (Å²) in [6.07, 6.45) is 2.03. The molecule has 0 saturated heterocycles. The van der Waals surface area contributed by atoms with Gasteiger partial charge in [-0.25, -0.2) is 9.97 Å². The van der Waals surface area contributed by atoms with Crippen LogP contribution in [0.25, 0.3) is 10.7 Å². The van der Waals surface area contributed by atoms with E-state index in [4.69, 9.17) is 0 Å². The molecule has 0 aliphatic carbocycles. The van der Waals surface area contributed by atoms with Crippen molar-refractivity contribution < 1.29 is 0 Å². The number of anilines is 1. The second kappa shape index (κ2) is 5.77. The lowest BCUT2D eigenvalue weighted by atomic mass is 10.3. The van der Waals surface area contributed by atoms with Gasteiger partial charge in [-0.15, -0.1) is 11.3 Å². The van der Waals surface area contributed by atoms with Gasteiger partial charge in [0.15, 0.2) is 5.82 Å². The lowest BCUT2D eigenvalue weighted by Gasteiger charge is -2.07. The third-order valence-electron chi connectivity index (χ3n) is 2.44. The van der Waals surface area contributed by atoms with Crippen molar-refractivity contribution in [1.29, 1.82) is 0 Å². The predicted molar refractivity (Wildman–Crippen MR) is 73.5 cm³/mol. The van der Waals surface area contributed by atoms with E-state index in [1.54, 1.807) is 11.3 Å². The van der Waals surface area contributed by atoms with Crippen LogP contribution in [0.2, 0.25) is 0 Å². The molecule has 0 radical (unpaired) electrons. The first-order chi connectivity index (χ1) is 8.33. The molecular formula is C13H17N3S. The maximum atomic E-state index is 4.56. The minimum Gasteiger partial charge on any atom is -0.370 e. The summed E-state index contributed by atoms with van der Waals surface area (Å²) in [6, 6.07) is 6.12. The summed E-state index contributed by atoms with van der Waals surface area (Å²) in [7, 11) is 0. The number of thiophene rings is 1. The second-order valence-electron chi connectivity index (χ2n) is 3.83. The van der Waals surface area contributed by atoms with Crippen LogP contribution in [0.5, 0.6) is 0 Å². The first-order valence-electron chi connectivity index (χ1n) is 5.99. The summed E-state index contributed by atoms with van der Waals surface area (Å²) in [5.74, 6) is 1.76. The van der Waals surface area contributed by atoms with Gasteiger partial charge < -0.3 is 5.32 Å². The molecule has 17 heavy (non-hydrogen) atoms. The van der Waals surface area contributed by atoms with Crippen molar-refractivity contribution in [2.75, 3.05) is 11.9 Å². The van der Waals surface area contributed by atoms with Crippen molar-refractivity contribution in [1.82, 2.24) is 9.97 Å². The van der Waals surface area contributed by atoms with Crippen LogP contribution in [0.4, 0.5) is 5.82 Å². The molecule has 2 aromatic heterocycles. The van der Waals surface area contributed by atoms with Gasteiger partial charge in [-0.1, -0.05) is 19.9 Å². The molecule has 3 nitrogen and oxygen atoms in total. The molecule has 0 aromatic carbocycles. The molecule has 2 heterocycles. The minimum atomic E-state index is 0.831. The molecule has 0 bridgehead atoms. The normalized spacial score (nSPS) is 10.5. The molecule has 90 valence electrons. The smallest absolute Gasteiger partial charge is 0.171 e. The molecule has 0 aliphatic rings. The summed E-state index contributed by atoms with van der Waals surface area (Å²) >= 11 is 1.67. The van der Waals surface area contributed by atoms with E-state index in [9.17, 15) is 0 Å². The Bertz CT molecular complexity index is 466. The molecule has 0 amide bonds. The van der Waals surface area contributed by atoms with Crippen LogP contribution >= 0.6 is 11.3 Å². The van der Waals surface area contributed by atoms with Gasteiger partial charge in [-0.3, -0.25) is 0 Å². The number of aromatic nitrogens is 2. The summed E-state index contributed by atoms with van der Waals surface area (Å²) < 4.78 is 0. The Labute approximate surface area is 106 Å². The van der Waals surface area contributed by atoms with E-state index >= 15 is 0 Å². The van der Waals surface area contributed by atoms with E-state index in [2.05, 4.69) is 40.6 Å². The Morgan fingerprint density at radius 3 is 2.82 bits per heavy atom. The maximum absolute atomic E-state index is 4.56. The van der Waals surface area contributed by atoms with Crippen LogP contribution in [0.15, 0.2) is 23.6 Å². The number of rotatable bonds is 5. The zero-order chi connectivity index (χ0) is 12.1. The topological polar surface area (TPSA) is 37.8 Å². The van der Waals surface area contributed by atoms with Crippen molar-refractivity contribution in [2.45, 2.75) is 26.7 Å². The van der Waals surface area contributed by atoms with Crippen molar-refractivity contribution in [2.24, 2.45) is 0 Å². The largest absolute Gasteiger partial charge is 0.370 e. The highest BCUT2D eigenvalue weighted by Crippen LogP contribution is 2.22. The highest BCUT2D eigenvalue weighted by molar-refractivity contribution is 7.13. The first kappa shape index (κ1) is 12.0. The van der Waals surface area contributed by atoms with Crippen LogP contribution in [0.1, 0.15) is 26.0 Å². The number of nitrogens with zero attached hydrogens (tertiary/aromatic N) is 2. The number of aryl methyl sites for hydroxylation is 1. The van der Waals surface area contributed by atoms with E-state index in [0.717, 1.165) is 41.6 Å². The fourth-order valence-electron chi connectivity index (χ4n) is 1.54. The molecule has 0 spiro atoms. The van der Waals surface area contributed by atoms with Gasteiger partial charge in [0, 0.05) is 18.3 Å². The van der Waals surface area contributed by atoms with Gasteiger partial charge in [0.1, 0.15) is 5.82 Å². The van der Waals surface area contributed by atoms with Gasteiger partial charge in [0.25, 0.3) is 0 Å². The fraction of sp³-hybridized carbons (Fsp3) is 0.385. The Morgan fingerprint density at radius 1 is 1.29 bits per heavy atom. The highest BCUT2D eigenvalue weighted by atomic mass is 32.1. The van der Waals surface area contributed by atoms with Gasteiger partial charge in [0.05, 0.1) is 4.88 Å². The Balaban J connectivity index is 2.32. The Hall–Kier alpha value is -1.42. The third-order valence-corrected chi connectivity index (χ3v) is 3.30. The molecule has 0 saturated carbocycles. The second-order valence-corrected chi connectivity index (χ2v) is 4.77. The van der Waals surface area contributed by atoms with Gasteiger partial charge >= 0.3 is 0 Å². The molecule has 0 fully saturated rings. The Morgan fingerprint density at radius 2 is 2.18 bits per heavy atom. The van der Waals surface area contributed by atoms with Crippen molar-refractivity contribution in [3.63, 3.8) is 0 Å². The third kappa shape index (κ3) is 3.03. The number of hydrogen-bond donors (Lipinski definition) is 1. The van der Waals surface area contributed by atoms with Crippen LogP contribution in [0.3, 0.4) is 0 Å². The van der Waals surface area contributed by atoms with Crippen LogP contribution < -0.4 is 5.32 Å². The van der Waals surface area contributed by atoms with Crippen molar-refractivity contribution in [3.8, 4) is 10.7 Å². The van der Waals surface area contributed by atoms with Crippen molar-refractivity contribution in [3.05, 3.63) is 29.3 Å². The van der Waals surface area contributed by atoms with Crippen LogP contribution in [0, 0.1) is 0 Å². The summed E-state index contributed by atoms with van der Waals surface area (Å²) in [5, 5.41) is 5.38. The van der Waals surface area contributed by atoms with E-state index in [0.29, 0.717) is 0 Å². The lowest BCUT2D eigenvalue weighted by molar-refractivity contribution is 0.952. The molecular weight excluding hydrogens is 230 g/mol. The molecule has 0 aliphatic heterocycles. The first-order valence-corrected chi connectivity index (χ1v) is 6.87.